The van der Waals surface area contributed by atoms with Gasteiger partial charge in [0.1, 0.15) is 5.75 Å². The monoisotopic (exact) mass is 354 g/mol. The van der Waals surface area contributed by atoms with Crippen molar-refractivity contribution >= 4 is 17.5 Å². The van der Waals surface area contributed by atoms with Crippen LogP contribution in [0.25, 0.3) is 0 Å². The summed E-state index contributed by atoms with van der Waals surface area (Å²) in [4.78, 5) is 16.3. The Kier molecular flexibility index (Phi) is 7.34. The zero-order valence-corrected chi connectivity index (χ0v) is 15.5. The van der Waals surface area contributed by atoms with Crippen molar-refractivity contribution in [2.24, 2.45) is 0 Å². The summed E-state index contributed by atoms with van der Waals surface area (Å²) in [6.07, 6.45) is 1.06. The van der Waals surface area contributed by atoms with E-state index < -0.39 is 0 Å². The Morgan fingerprint density at radius 2 is 2.08 bits per heavy atom. The summed E-state index contributed by atoms with van der Waals surface area (Å²) in [5.74, 6) is 0.938. The van der Waals surface area contributed by atoms with Crippen molar-refractivity contribution < 1.29 is 14.3 Å². The Bertz CT molecular complexity index is 531. The third-order valence-corrected chi connectivity index (χ3v) is 4.16. The van der Waals surface area contributed by atoms with Crippen LogP contribution in [0.2, 0.25) is 5.02 Å². The second-order valence-corrected chi connectivity index (χ2v) is 6.89. The fourth-order valence-corrected chi connectivity index (χ4v) is 3.05. The normalized spacial score (nSPS) is 21.1. The van der Waals surface area contributed by atoms with E-state index in [2.05, 4.69) is 0 Å². The number of benzene rings is 1. The molecule has 1 aromatic rings. The lowest BCUT2D eigenvalue weighted by molar-refractivity contribution is -0.144. The molecule has 134 valence electrons. The zero-order valence-electron chi connectivity index (χ0n) is 14.7. The molecule has 5 nitrogen and oxygen atoms in total. The summed E-state index contributed by atoms with van der Waals surface area (Å²) in [5, 5.41) is 0.671. The summed E-state index contributed by atoms with van der Waals surface area (Å²) < 4.78 is 11.3. The highest BCUT2D eigenvalue weighted by molar-refractivity contribution is 6.30. The number of morpholine rings is 1. The number of halogens is 1. The molecule has 1 fully saturated rings. The number of nitrogens with zero attached hydrogens (tertiary/aromatic N) is 2. The van der Waals surface area contributed by atoms with Crippen molar-refractivity contribution in [2.45, 2.75) is 32.5 Å². The molecule has 1 heterocycles. The van der Waals surface area contributed by atoms with Gasteiger partial charge in [0.25, 0.3) is 0 Å². The fourth-order valence-electron chi connectivity index (χ4n) is 2.87. The van der Waals surface area contributed by atoms with E-state index in [0.717, 1.165) is 18.7 Å². The Morgan fingerprint density at radius 1 is 1.38 bits per heavy atom. The SMILES string of the molecule is CC1CN(C(=O)CN(C)CCCOc2cccc(Cl)c2)CC(C)O1. The number of ether oxygens (including phenoxy) is 2. The fraction of sp³-hybridized carbons (Fsp3) is 0.611. The molecule has 1 aromatic carbocycles. The molecule has 2 atom stereocenters. The second kappa shape index (κ2) is 9.25. The smallest absolute Gasteiger partial charge is 0.236 e. The van der Waals surface area contributed by atoms with Crippen LogP contribution >= 0.6 is 11.6 Å². The van der Waals surface area contributed by atoms with E-state index in [1.165, 1.54) is 0 Å². The molecule has 1 aliphatic rings. The lowest BCUT2D eigenvalue weighted by atomic mass is 10.2. The maximum atomic E-state index is 12.4. The third-order valence-electron chi connectivity index (χ3n) is 3.93. The van der Waals surface area contributed by atoms with Crippen LogP contribution in [0.5, 0.6) is 5.75 Å². The quantitative estimate of drug-likeness (QED) is 0.706. The number of rotatable bonds is 7. The molecule has 24 heavy (non-hydrogen) atoms. The zero-order chi connectivity index (χ0) is 17.5. The van der Waals surface area contributed by atoms with Gasteiger partial charge in [-0.15, -0.1) is 0 Å². The Balaban J connectivity index is 1.65. The number of hydrogen-bond acceptors (Lipinski definition) is 4. The first-order valence-corrected chi connectivity index (χ1v) is 8.82. The minimum Gasteiger partial charge on any atom is -0.493 e. The van der Waals surface area contributed by atoms with E-state index in [1.54, 1.807) is 6.07 Å². The highest BCUT2D eigenvalue weighted by atomic mass is 35.5. The number of hydrogen-bond donors (Lipinski definition) is 0. The second-order valence-electron chi connectivity index (χ2n) is 6.45. The summed E-state index contributed by atoms with van der Waals surface area (Å²) in [6.45, 7) is 7.20. The van der Waals surface area contributed by atoms with Crippen LogP contribution in [0.15, 0.2) is 24.3 Å². The molecule has 0 spiro atoms. The maximum Gasteiger partial charge on any atom is 0.236 e. The standard InChI is InChI=1S/C18H27ClN2O3/c1-14-11-21(12-15(2)24-14)18(22)13-20(3)8-5-9-23-17-7-4-6-16(19)10-17/h4,6-7,10,14-15H,5,8-9,11-13H2,1-3H3. The van der Waals surface area contributed by atoms with Crippen LogP contribution in [0.1, 0.15) is 20.3 Å². The van der Waals surface area contributed by atoms with E-state index >= 15 is 0 Å². The summed E-state index contributed by atoms with van der Waals surface area (Å²) in [6, 6.07) is 7.38. The number of amides is 1. The molecule has 2 unspecified atom stereocenters. The Labute approximate surface area is 149 Å². The molecule has 0 N–H and O–H groups in total. The van der Waals surface area contributed by atoms with Crippen LogP contribution in [0, 0.1) is 0 Å². The van der Waals surface area contributed by atoms with Crippen LogP contribution in [0.4, 0.5) is 0 Å². The minimum atomic E-state index is 0.106. The van der Waals surface area contributed by atoms with Crippen molar-refractivity contribution in [3.8, 4) is 5.75 Å². The molecule has 0 aliphatic carbocycles. The maximum absolute atomic E-state index is 12.4. The number of carbonyl (C=O) groups is 1. The summed E-state index contributed by atoms with van der Waals surface area (Å²) in [7, 11) is 1.96. The average molecular weight is 355 g/mol. The van der Waals surface area contributed by atoms with Gasteiger partial charge in [-0.2, -0.15) is 0 Å². The van der Waals surface area contributed by atoms with Crippen molar-refractivity contribution in [1.29, 1.82) is 0 Å². The molecule has 0 bridgehead atoms. The van der Waals surface area contributed by atoms with Crippen molar-refractivity contribution in [1.82, 2.24) is 9.80 Å². The van der Waals surface area contributed by atoms with Crippen molar-refractivity contribution in [3.05, 3.63) is 29.3 Å². The summed E-state index contributed by atoms with van der Waals surface area (Å²) >= 11 is 5.92. The molecule has 6 heteroatoms. The minimum absolute atomic E-state index is 0.106. The van der Waals surface area contributed by atoms with Crippen LogP contribution in [-0.2, 0) is 9.53 Å². The number of carbonyl (C=O) groups excluding carboxylic acids is 1. The Hall–Kier alpha value is -1.30. The Morgan fingerprint density at radius 3 is 2.75 bits per heavy atom. The molecule has 1 saturated heterocycles. The molecule has 1 aliphatic heterocycles. The van der Waals surface area contributed by atoms with Gasteiger partial charge < -0.3 is 14.4 Å². The molecule has 0 radical (unpaired) electrons. The predicted molar refractivity (Wildman–Crippen MR) is 95.7 cm³/mol. The van der Waals surface area contributed by atoms with Crippen LogP contribution < -0.4 is 4.74 Å². The van der Waals surface area contributed by atoms with Crippen molar-refractivity contribution in [2.75, 3.05) is 39.8 Å². The molecular formula is C18H27ClN2O3. The van der Waals surface area contributed by atoms with Crippen LogP contribution in [0.3, 0.4) is 0 Å². The van der Waals surface area contributed by atoms with Crippen molar-refractivity contribution in [3.63, 3.8) is 0 Å². The van der Waals surface area contributed by atoms with Gasteiger partial charge in [-0.3, -0.25) is 9.69 Å². The van der Waals surface area contributed by atoms with Crippen LogP contribution in [-0.4, -0.2) is 67.7 Å². The van der Waals surface area contributed by atoms with E-state index in [4.69, 9.17) is 21.1 Å². The van der Waals surface area contributed by atoms with E-state index in [9.17, 15) is 4.79 Å². The molecular weight excluding hydrogens is 328 g/mol. The van der Waals surface area contributed by atoms with Gasteiger partial charge in [0.15, 0.2) is 0 Å². The molecule has 0 aromatic heterocycles. The largest absolute Gasteiger partial charge is 0.493 e. The average Bonchev–Trinajstić information content (AvgIpc) is 2.50. The van der Waals surface area contributed by atoms with Gasteiger partial charge in [-0.1, -0.05) is 17.7 Å². The first kappa shape index (κ1) is 19.0. The van der Waals surface area contributed by atoms with Gasteiger partial charge >= 0.3 is 0 Å². The molecule has 2 rings (SSSR count). The topological polar surface area (TPSA) is 42.0 Å². The molecule has 1 amide bonds. The highest BCUT2D eigenvalue weighted by Gasteiger charge is 2.26. The van der Waals surface area contributed by atoms with E-state index in [0.29, 0.717) is 31.3 Å². The van der Waals surface area contributed by atoms with Gasteiger partial charge in [-0.25, -0.2) is 0 Å². The molecule has 0 saturated carbocycles. The highest BCUT2D eigenvalue weighted by Crippen LogP contribution is 2.17. The summed E-state index contributed by atoms with van der Waals surface area (Å²) in [5.41, 5.74) is 0. The van der Waals surface area contributed by atoms with Gasteiger partial charge in [0.2, 0.25) is 5.91 Å². The predicted octanol–water partition coefficient (Wildman–Crippen LogP) is 2.68. The van der Waals surface area contributed by atoms with Gasteiger partial charge in [0.05, 0.1) is 25.4 Å². The van der Waals surface area contributed by atoms with E-state index in [1.807, 2.05) is 48.9 Å². The van der Waals surface area contributed by atoms with E-state index in [-0.39, 0.29) is 18.1 Å². The third kappa shape index (κ3) is 6.30. The first-order chi connectivity index (χ1) is 11.4. The van der Waals surface area contributed by atoms with Gasteiger partial charge in [0, 0.05) is 24.7 Å². The lowest BCUT2D eigenvalue weighted by Gasteiger charge is -2.36. The first-order valence-electron chi connectivity index (χ1n) is 8.44. The lowest BCUT2D eigenvalue weighted by Crippen LogP contribution is -2.50. The van der Waals surface area contributed by atoms with Gasteiger partial charge in [-0.05, 0) is 45.5 Å². The number of likely N-dealkylation sites (N-methyl/N-ethyl adjacent to an activating group) is 1.